The van der Waals surface area contributed by atoms with Crippen molar-refractivity contribution in [2.24, 2.45) is 0 Å². The minimum Gasteiger partial charge on any atom is -0.507 e. The number of Topliss-reactive ketones (excluding diaryl/α,β-unsaturated/α-hetero) is 1. The number of ether oxygens (including phenoxy) is 6. The van der Waals surface area contributed by atoms with E-state index in [1.165, 1.54) is 0 Å². The van der Waals surface area contributed by atoms with Crippen LogP contribution in [0.5, 0.6) is 11.5 Å². The van der Waals surface area contributed by atoms with Gasteiger partial charge in [0.15, 0.2) is 23.8 Å². The summed E-state index contributed by atoms with van der Waals surface area (Å²) in [6.07, 6.45) is -7.10. The van der Waals surface area contributed by atoms with Gasteiger partial charge in [0.25, 0.3) is 0 Å². The van der Waals surface area contributed by atoms with E-state index in [1.54, 1.807) is 0 Å². The van der Waals surface area contributed by atoms with Crippen LogP contribution in [0.25, 0.3) is 0 Å². The zero-order valence-electron chi connectivity index (χ0n) is 20.6. The number of hydrogen-bond acceptors (Lipinski definition) is 14. The molecule has 2 aliphatic rings. The zero-order chi connectivity index (χ0) is 28.3. The minimum absolute atomic E-state index is 0.455. The molecule has 1 saturated heterocycles. The number of ketones is 2. The molecule has 1 aromatic rings. The molecule has 0 radical (unpaired) electrons. The van der Waals surface area contributed by atoms with Crippen molar-refractivity contribution >= 4 is 35.4 Å². The fraction of sp³-hybridized carbons (Fsp3) is 0.417. The lowest BCUT2D eigenvalue weighted by molar-refractivity contribution is -0.298. The Morgan fingerprint density at radius 2 is 1.32 bits per heavy atom. The molecule has 0 bridgehead atoms. The molecule has 14 nitrogen and oxygen atoms in total. The van der Waals surface area contributed by atoms with E-state index in [1.807, 2.05) is 0 Å². The van der Waals surface area contributed by atoms with Gasteiger partial charge in [-0.3, -0.25) is 28.8 Å². The van der Waals surface area contributed by atoms with E-state index in [2.05, 4.69) is 0 Å². The first-order chi connectivity index (χ1) is 17.8. The Labute approximate surface area is 215 Å². The summed E-state index contributed by atoms with van der Waals surface area (Å²) in [6, 6.07) is 2.02. The van der Waals surface area contributed by atoms with Crippen LogP contribution in [-0.4, -0.2) is 83.0 Å². The molecule has 14 heteroatoms. The summed E-state index contributed by atoms with van der Waals surface area (Å²) in [7, 11) is 0. The number of phenols is 2. The van der Waals surface area contributed by atoms with Gasteiger partial charge in [0.2, 0.25) is 18.2 Å². The molecule has 0 amide bonds. The molecule has 1 fully saturated rings. The van der Waals surface area contributed by atoms with E-state index in [0.29, 0.717) is 0 Å². The number of allylic oxidation sites excluding steroid dienone is 2. The van der Waals surface area contributed by atoms with Crippen molar-refractivity contribution in [3.8, 4) is 11.5 Å². The van der Waals surface area contributed by atoms with Crippen molar-refractivity contribution in [1.29, 1.82) is 0 Å². The third-order valence-electron chi connectivity index (χ3n) is 5.31. The summed E-state index contributed by atoms with van der Waals surface area (Å²) < 4.78 is 32.1. The highest BCUT2D eigenvalue weighted by molar-refractivity contribution is 6.25. The molecule has 0 spiro atoms. The molecule has 2 N–H and O–H groups in total. The van der Waals surface area contributed by atoms with Gasteiger partial charge in [-0.25, -0.2) is 0 Å². The number of hydrogen-bond donors (Lipinski definition) is 2. The smallest absolute Gasteiger partial charge is 0.303 e. The molecule has 3 rings (SSSR count). The third kappa shape index (κ3) is 6.08. The second kappa shape index (κ2) is 11.3. The number of phenolic OH excluding ortho intramolecular Hbond substituents is 2. The fourth-order valence-electron chi connectivity index (χ4n) is 3.94. The van der Waals surface area contributed by atoms with Gasteiger partial charge < -0.3 is 38.6 Å². The molecule has 1 aromatic carbocycles. The van der Waals surface area contributed by atoms with Crippen LogP contribution >= 0.6 is 0 Å². The van der Waals surface area contributed by atoms with Gasteiger partial charge in [0.1, 0.15) is 24.2 Å². The quantitative estimate of drug-likeness (QED) is 0.277. The second-order valence-corrected chi connectivity index (χ2v) is 8.24. The van der Waals surface area contributed by atoms with Gasteiger partial charge in [-0.05, 0) is 12.1 Å². The fourth-order valence-corrected chi connectivity index (χ4v) is 3.94. The second-order valence-electron chi connectivity index (χ2n) is 8.24. The first kappa shape index (κ1) is 28.1. The van der Waals surface area contributed by atoms with Crippen LogP contribution in [0, 0.1) is 0 Å². The van der Waals surface area contributed by atoms with Crippen LogP contribution in [0.4, 0.5) is 0 Å². The summed E-state index contributed by atoms with van der Waals surface area (Å²) in [5.41, 5.74) is -0.998. The van der Waals surface area contributed by atoms with Gasteiger partial charge in [-0.15, -0.1) is 0 Å². The lowest BCUT2D eigenvalue weighted by atomic mass is 9.91. The van der Waals surface area contributed by atoms with E-state index in [0.717, 1.165) is 45.9 Å². The average Bonchev–Trinajstić information content (AvgIpc) is 2.80. The van der Waals surface area contributed by atoms with Crippen molar-refractivity contribution in [1.82, 2.24) is 0 Å². The maximum atomic E-state index is 13.1. The van der Waals surface area contributed by atoms with E-state index < -0.39 is 101 Å². The molecule has 204 valence electrons. The largest absolute Gasteiger partial charge is 0.507 e. The highest BCUT2D eigenvalue weighted by Crippen LogP contribution is 2.37. The van der Waals surface area contributed by atoms with Crippen LogP contribution in [0.3, 0.4) is 0 Å². The Kier molecular flexibility index (Phi) is 8.36. The van der Waals surface area contributed by atoms with Crippen molar-refractivity contribution in [2.75, 3.05) is 6.61 Å². The van der Waals surface area contributed by atoms with Gasteiger partial charge in [0, 0.05) is 33.8 Å². The molecule has 1 heterocycles. The standard InChI is InChI=1S/C24H24O14/c1-9(25)33-8-17-21(34-10(2)26)22(35-11(3)27)23(36-12(4)28)24(38-17)37-16-7-15(31)18-13(29)5-6-14(30)19(18)20(16)32/h5-7,17,21-24,29-30H,8H2,1-4H3. The van der Waals surface area contributed by atoms with Crippen LogP contribution < -0.4 is 0 Å². The van der Waals surface area contributed by atoms with Crippen LogP contribution in [0.2, 0.25) is 0 Å². The minimum atomic E-state index is -1.78. The number of carbonyl (C=O) groups excluding carboxylic acids is 6. The number of aromatic hydroxyl groups is 2. The first-order valence-corrected chi connectivity index (χ1v) is 11.1. The normalized spacial score (nSPS) is 24.4. The van der Waals surface area contributed by atoms with E-state index in [4.69, 9.17) is 28.4 Å². The maximum Gasteiger partial charge on any atom is 0.303 e. The van der Waals surface area contributed by atoms with Crippen molar-refractivity contribution < 1.29 is 67.4 Å². The van der Waals surface area contributed by atoms with E-state index in [-0.39, 0.29) is 0 Å². The number of rotatable bonds is 7. The highest BCUT2D eigenvalue weighted by Gasteiger charge is 2.54. The molecule has 0 saturated carbocycles. The van der Waals surface area contributed by atoms with Gasteiger partial charge in [-0.2, -0.15) is 0 Å². The number of esters is 4. The molecule has 1 aliphatic carbocycles. The van der Waals surface area contributed by atoms with E-state index >= 15 is 0 Å². The summed E-state index contributed by atoms with van der Waals surface area (Å²) in [5.74, 6) is -7.14. The van der Waals surface area contributed by atoms with Crippen LogP contribution in [0.1, 0.15) is 48.4 Å². The van der Waals surface area contributed by atoms with Gasteiger partial charge in [-0.1, -0.05) is 0 Å². The third-order valence-corrected chi connectivity index (χ3v) is 5.31. The average molecular weight is 536 g/mol. The van der Waals surface area contributed by atoms with Crippen LogP contribution in [0.15, 0.2) is 24.0 Å². The van der Waals surface area contributed by atoms with E-state index in [9.17, 15) is 39.0 Å². The SMILES string of the molecule is CC(=O)OCC1OC(OC2=CC(=O)c3c(O)ccc(O)c3C2=O)C(OC(C)=O)C(OC(C)=O)C1OC(C)=O. The van der Waals surface area contributed by atoms with Crippen molar-refractivity contribution in [3.05, 3.63) is 35.1 Å². The number of benzene rings is 1. The summed E-state index contributed by atoms with van der Waals surface area (Å²) in [6.45, 7) is 3.65. The Morgan fingerprint density at radius 1 is 0.789 bits per heavy atom. The van der Waals surface area contributed by atoms with Crippen molar-refractivity contribution in [3.63, 3.8) is 0 Å². The van der Waals surface area contributed by atoms with Gasteiger partial charge >= 0.3 is 23.9 Å². The lowest BCUT2D eigenvalue weighted by Gasteiger charge is -2.44. The summed E-state index contributed by atoms with van der Waals surface area (Å²) in [5, 5.41) is 20.2. The molecule has 0 aromatic heterocycles. The molecule has 1 aliphatic heterocycles. The number of fused-ring (bicyclic) bond motifs is 1. The number of carbonyl (C=O) groups is 6. The molecule has 38 heavy (non-hydrogen) atoms. The van der Waals surface area contributed by atoms with Gasteiger partial charge in [0.05, 0.1) is 11.1 Å². The predicted molar refractivity (Wildman–Crippen MR) is 120 cm³/mol. The Balaban J connectivity index is 2.05. The molecule has 5 atom stereocenters. The molecular formula is C24H24O14. The Bertz CT molecular complexity index is 1210. The van der Waals surface area contributed by atoms with Crippen molar-refractivity contribution in [2.45, 2.75) is 58.4 Å². The molecular weight excluding hydrogens is 512 g/mol. The Hall–Kier alpha value is -4.46. The highest BCUT2D eigenvalue weighted by atomic mass is 16.7. The summed E-state index contributed by atoms with van der Waals surface area (Å²) in [4.78, 5) is 72.8. The topological polar surface area (TPSA) is 198 Å². The maximum absolute atomic E-state index is 13.1. The molecule has 5 unspecified atom stereocenters. The van der Waals surface area contributed by atoms with Crippen LogP contribution in [-0.2, 0) is 47.6 Å². The lowest BCUT2D eigenvalue weighted by Crippen LogP contribution is -2.63. The Morgan fingerprint density at radius 3 is 1.87 bits per heavy atom. The monoisotopic (exact) mass is 536 g/mol. The predicted octanol–water partition coefficient (Wildman–Crippen LogP) is 0.460. The zero-order valence-corrected chi connectivity index (χ0v) is 20.6. The summed E-state index contributed by atoms with van der Waals surface area (Å²) >= 11 is 0. The first-order valence-electron chi connectivity index (χ1n) is 11.1.